The summed E-state index contributed by atoms with van der Waals surface area (Å²) >= 11 is 0. The highest BCUT2D eigenvalue weighted by atomic mass is 16.4. The first-order valence-electron chi connectivity index (χ1n) is 7.29. The molecule has 7 nitrogen and oxygen atoms in total. The zero-order valence-electron chi connectivity index (χ0n) is 11.9. The zero-order valence-corrected chi connectivity index (χ0v) is 11.9. The van der Waals surface area contributed by atoms with Crippen LogP contribution in [0.5, 0.6) is 0 Å². The molecule has 1 heterocycles. The summed E-state index contributed by atoms with van der Waals surface area (Å²) < 4.78 is 0. The first-order valence-corrected chi connectivity index (χ1v) is 7.29. The maximum absolute atomic E-state index is 12.3. The van der Waals surface area contributed by atoms with Crippen molar-refractivity contribution < 1.29 is 24.3 Å². The lowest BCUT2D eigenvalue weighted by molar-refractivity contribution is -0.146. The fourth-order valence-electron chi connectivity index (χ4n) is 3.15. The highest BCUT2D eigenvalue weighted by molar-refractivity contribution is 6.02. The molecule has 4 atom stereocenters. The molecular formula is C14H20N2O5. The van der Waals surface area contributed by atoms with Crippen molar-refractivity contribution in [1.82, 2.24) is 10.6 Å². The van der Waals surface area contributed by atoms with Gasteiger partial charge in [0, 0.05) is 6.42 Å². The van der Waals surface area contributed by atoms with Crippen LogP contribution < -0.4 is 10.6 Å². The highest BCUT2D eigenvalue weighted by Crippen LogP contribution is 2.38. The highest BCUT2D eigenvalue weighted by Gasteiger charge is 2.43. The molecule has 21 heavy (non-hydrogen) atoms. The van der Waals surface area contributed by atoms with Crippen molar-refractivity contribution in [3.05, 3.63) is 0 Å². The van der Waals surface area contributed by atoms with E-state index < -0.39 is 35.7 Å². The molecule has 2 unspecified atom stereocenters. The molecule has 0 aromatic heterocycles. The minimum atomic E-state index is -0.964. The summed E-state index contributed by atoms with van der Waals surface area (Å²) in [6.45, 7) is 1.98. The van der Waals surface area contributed by atoms with E-state index in [9.17, 15) is 24.3 Å². The van der Waals surface area contributed by atoms with Crippen LogP contribution in [0.2, 0.25) is 0 Å². The Morgan fingerprint density at radius 1 is 1.29 bits per heavy atom. The van der Waals surface area contributed by atoms with E-state index in [0.717, 1.165) is 6.42 Å². The number of amides is 3. The lowest BCUT2D eigenvalue weighted by atomic mass is 9.94. The van der Waals surface area contributed by atoms with E-state index in [-0.39, 0.29) is 24.7 Å². The van der Waals surface area contributed by atoms with Gasteiger partial charge < -0.3 is 10.4 Å². The van der Waals surface area contributed by atoms with Crippen molar-refractivity contribution in [3.63, 3.8) is 0 Å². The van der Waals surface area contributed by atoms with E-state index >= 15 is 0 Å². The summed E-state index contributed by atoms with van der Waals surface area (Å²) in [6.07, 6.45) is 2.32. The molecule has 2 aliphatic rings. The number of carboxylic acid groups (broad SMARTS) is 1. The van der Waals surface area contributed by atoms with Gasteiger partial charge in [-0.15, -0.1) is 0 Å². The van der Waals surface area contributed by atoms with E-state index in [1.807, 2.05) is 6.92 Å². The second-order valence-corrected chi connectivity index (χ2v) is 5.81. The van der Waals surface area contributed by atoms with Crippen molar-refractivity contribution in [2.75, 3.05) is 0 Å². The van der Waals surface area contributed by atoms with Crippen LogP contribution in [0.1, 0.15) is 39.0 Å². The number of carbonyl (C=O) groups is 4. The molecule has 2 rings (SSSR count). The third kappa shape index (κ3) is 3.40. The SMILES string of the molecule is CCC1C[C@H](C(=O)NC2CCC(=O)NC2=O)[C@H](C(=O)O)C1. The molecule has 1 aliphatic heterocycles. The normalized spacial score (nSPS) is 32.6. The standard InChI is InChI=1S/C14H20N2O5/c1-2-7-5-8(9(6-7)14(20)21)12(18)15-10-3-4-11(17)16-13(10)19/h7-10H,2-6H2,1H3,(H,15,18)(H,20,21)(H,16,17,19)/t7?,8-,9+,10?/m0/s1. The van der Waals surface area contributed by atoms with Crippen LogP contribution >= 0.6 is 0 Å². The van der Waals surface area contributed by atoms with Gasteiger partial charge in [0.1, 0.15) is 6.04 Å². The van der Waals surface area contributed by atoms with Gasteiger partial charge in [0.05, 0.1) is 11.8 Å². The predicted molar refractivity (Wildman–Crippen MR) is 71.9 cm³/mol. The first-order chi connectivity index (χ1) is 9.92. The lowest BCUT2D eigenvalue weighted by Gasteiger charge is -2.24. The maximum Gasteiger partial charge on any atom is 0.307 e. The lowest BCUT2D eigenvalue weighted by Crippen LogP contribution is -2.53. The molecule has 116 valence electrons. The summed E-state index contributed by atoms with van der Waals surface area (Å²) in [5.41, 5.74) is 0. The Kier molecular flexibility index (Phi) is 4.59. The van der Waals surface area contributed by atoms with Crippen molar-refractivity contribution in [1.29, 1.82) is 0 Å². The molecule has 2 fully saturated rings. The van der Waals surface area contributed by atoms with Crippen LogP contribution in [0.15, 0.2) is 0 Å². The van der Waals surface area contributed by atoms with E-state index in [1.165, 1.54) is 0 Å². The predicted octanol–water partition coefficient (Wildman–Crippen LogP) is 0.0448. The largest absolute Gasteiger partial charge is 0.481 e. The fourth-order valence-corrected chi connectivity index (χ4v) is 3.15. The van der Waals surface area contributed by atoms with Crippen LogP contribution in [-0.2, 0) is 19.2 Å². The average Bonchev–Trinajstić information content (AvgIpc) is 2.86. The van der Waals surface area contributed by atoms with Crippen molar-refractivity contribution in [3.8, 4) is 0 Å². The van der Waals surface area contributed by atoms with E-state index in [4.69, 9.17) is 0 Å². The molecule has 0 bridgehead atoms. The van der Waals surface area contributed by atoms with Crippen molar-refractivity contribution in [2.45, 2.75) is 45.1 Å². The van der Waals surface area contributed by atoms with Gasteiger partial charge >= 0.3 is 5.97 Å². The van der Waals surface area contributed by atoms with E-state index in [1.54, 1.807) is 0 Å². The summed E-state index contributed by atoms with van der Waals surface area (Å²) in [4.78, 5) is 46.2. The molecule has 1 aliphatic carbocycles. The Bertz CT molecular complexity index is 476. The second-order valence-electron chi connectivity index (χ2n) is 5.81. The minimum Gasteiger partial charge on any atom is -0.481 e. The molecule has 1 saturated carbocycles. The number of imide groups is 1. The van der Waals surface area contributed by atoms with Crippen LogP contribution in [0, 0.1) is 17.8 Å². The zero-order chi connectivity index (χ0) is 15.6. The Morgan fingerprint density at radius 2 is 1.95 bits per heavy atom. The van der Waals surface area contributed by atoms with E-state index in [2.05, 4.69) is 10.6 Å². The molecule has 0 aromatic rings. The van der Waals surface area contributed by atoms with Crippen LogP contribution in [-0.4, -0.2) is 34.8 Å². The maximum atomic E-state index is 12.3. The molecular weight excluding hydrogens is 276 g/mol. The molecule has 3 amide bonds. The topological polar surface area (TPSA) is 113 Å². The van der Waals surface area contributed by atoms with Gasteiger partial charge in [-0.05, 0) is 25.2 Å². The molecule has 0 spiro atoms. The summed E-state index contributed by atoms with van der Waals surface area (Å²) in [5.74, 6) is -3.29. The van der Waals surface area contributed by atoms with E-state index in [0.29, 0.717) is 12.8 Å². The van der Waals surface area contributed by atoms with Gasteiger partial charge in [0.25, 0.3) is 0 Å². The Morgan fingerprint density at radius 3 is 2.52 bits per heavy atom. The molecule has 3 N–H and O–H groups in total. The first kappa shape index (κ1) is 15.5. The average molecular weight is 296 g/mol. The molecule has 7 heteroatoms. The number of aliphatic carboxylic acids is 1. The van der Waals surface area contributed by atoms with Gasteiger partial charge in [-0.3, -0.25) is 24.5 Å². The smallest absolute Gasteiger partial charge is 0.307 e. The van der Waals surface area contributed by atoms with Crippen molar-refractivity contribution >= 4 is 23.7 Å². The number of rotatable bonds is 4. The summed E-state index contributed by atoms with van der Waals surface area (Å²) in [7, 11) is 0. The second kappa shape index (κ2) is 6.24. The third-order valence-corrected chi connectivity index (χ3v) is 4.45. The van der Waals surface area contributed by atoms with Gasteiger partial charge in [-0.2, -0.15) is 0 Å². The molecule has 0 radical (unpaired) electrons. The summed E-state index contributed by atoms with van der Waals surface area (Å²) in [6, 6.07) is -0.745. The fraction of sp³-hybridized carbons (Fsp3) is 0.714. The van der Waals surface area contributed by atoms with Gasteiger partial charge in [0.15, 0.2) is 0 Å². The third-order valence-electron chi connectivity index (χ3n) is 4.45. The van der Waals surface area contributed by atoms with Gasteiger partial charge in [0.2, 0.25) is 17.7 Å². The number of hydrogen-bond donors (Lipinski definition) is 3. The summed E-state index contributed by atoms with van der Waals surface area (Å²) in [5, 5.41) is 14.0. The van der Waals surface area contributed by atoms with Gasteiger partial charge in [-0.25, -0.2) is 0 Å². The quantitative estimate of drug-likeness (QED) is 0.634. The number of piperidine rings is 1. The monoisotopic (exact) mass is 296 g/mol. The number of hydrogen-bond acceptors (Lipinski definition) is 4. The number of nitrogens with one attached hydrogen (secondary N) is 2. The minimum absolute atomic E-state index is 0.182. The Balaban J connectivity index is 2.00. The van der Waals surface area contributed by atoms with Crippen LogP contribution in [0.25, 0.3) is 0 Å². The molecule has 1 saturated heterocycles. The van der Waals surface area contributed by atoms with Crippen LogP contribution in [0.3, 0.4) is 0 Å². The number of carbonyl (C=O) groups excluding carboxylic acids is 3. The molecule has 0 aromatic carbocycles. The van der Waals surface area contributed by atoms with Gasteiger partial charge in [-0.1, -0.05) is 13.3 Å². The number of carboxylic acids is 1. The van der Waals surface area contributed by atoms with Crippen LogP contribution in [0.4, 0.5) is 0 Å². The Hall–Kier alpha value is -1.92. The van der Waals surface area contributed by atoms with Crippen molar-refractivity contribution in [2.24, 2.45) is 17.8 Å². The Labute approximate surface area is 122 Å².